The normalized spacial score (nSPS) is 9.90. The van der Waals surface area contributed by atoms with Crippen LogP contribution in [0.15, 0.2) is 18.2 Å². The van der Waals surface area contributed by atoms with Gasteiger partial charge in [0.1, 0.15) is 0 Å². The molecule has 0 aromatic heterocycles. The minimum absolute atomic E-state index is 0.0470. The Kier molecular flexibility index (Phi) is 5.71. The Balaban J connectivity index is 2.68. The smallest absolute Gasteiger partial charge is 0.337 e. The summed E-state index contributed by atoms with van der Waals surface area (Å²) >= 11 is 0. The van der Waals surface area contributed by atoms with E-state index in [2.05, 4.69) is 10.1 Å². The minimum atomic E-state index is -0.929. The zero-order chi connectivity index (χ0) is 15.1. The molecule has 0 aliphatic heterocycles. The summed E-state index contributed by atoms with van der Waals surface area (Å²) < 4.78 is 4.61. The van der Waals surface area contributed by atoms with Gasteiger partial charge >= 0.3 is 11.9 Å². The standard InChI is InChI=1S/C14H17NO5/c1-9-6-7-10(14(19)20-2)8-11(9)15-12(16)4-3-5-13(17)18/h6-8H,3-5H2,1-2H3,(H,15,16)(H,17,18). The van der Waals surface area contributed by atoms with Gasteiger partial charge in [-0.3, -0.25) is 9.59 Å². The first-order chi connectivity index (χ1) is 9.43. The van der Waals surface area contributed by atoms with E-state index in [0.29, 0.717) is 11.3 Å². The van der Waals surface area contributed by atoms with Crippen molar-refractivity contribution in [2.75, 3.05) is 12.4 Å². The summed E-state index contributed by atoms with van der Waals surface area (Å²) in [7, 11) is 1.28. The third kappa shape index (κ3) is 4.72. The summed E-state index contributed by atoms with van der Waals surface area (Å²) in [5.74, 6) is -1.69. The Hall–Kier alpha value is -2.37. The molecule has 6 heteroatoms. The maximum atomic E-state index is 11.7. The zero-order valence-corrected chi connectivity index (χ0v) is 11.4. The summed E-state index contributed by atoms with van der Waals surface area (Å²) in [4.78, 5) is 33.4. The van der Waals surface area contributed by atoms with Gasteiger partial charge in [-0.15, -0.1) is 0 Å². The zero-order valence-electron chi connectivity index (χ0n) is 11.4. The fourth-order valence-corrected chi connectivity index (χ4v) is 1.61. The van der Waals surface area contributed by atoms with Gasteiger partial charge < -0.3 is 15.2 Å². The lowest BCUT2D eigenvalue weighted by molar-refractivity contribution is -0.137. The molecule has 0 saturated carbocycles. The molecule has 1 aromatic carbocycles. The lowest BCUT2D eigenvalue weighted by atomic mass is 10.1. The highest BCUT2D eigenvalue weighted by Gasteiger charge is 2.10. The third-order valence-electron chi connectivity index (χ3n) is 2.73. The molecule has 0 atom stereocenters. The Morgan fingerprint density at radius 2 is 1.95 bits per heavy atom. The Labute approximate surface area is 116 Å². The van der Waals surface area contributed by atoms with Crippen LogP contribution in [0.25, 0.3) is 0 Å². The first-order valence-corrected chi connectivity index (χ1v) is 6.14. The number of aryl methyl sites for hydroxylation is 1. The molecule has 20 heavy (non-hydrogen) atoms. The van der Waals surface area contributed by atoms with Crippen LogP contribution in [0.4, 0.5) is 5.69 Å². The van der Waals surface area contributed by atoms with Gasteiger partial charge in [0.2, 0.25) is 5.91 Å². The molecule has 0 fully saturated rings. The molecular weight excluding hydrogens is 262 g/mol. The van der Waals surface area contributed by atoms with Crippen molar-refractivity contribution in [1.82, 2.24) is 0 Å². The quantitative estimate of drug-likeness (QED) is 0.777. The first kappa shape index (κ1) is 15.7. The van der Waals surface area contributed by atoms with E-state index in [9.17, 15) is 14.4 Å². The van der Waals surface area contributed by atoms with Crippen molar-refractivity contribution in [2.45, 2.75) is 26.2 Å². The van der Waals surface area contributed by atoms with Crippen LogP contribution in [-0.4, -0.2) is 30.1 Å². The van der Waals surface area contributed by atoms with Crippen LogP contribution in [0.2, 0.25) is 0 Å². The van der Waals surface area contributed by atoms with Crippen molar-refractivity contribution < 1.29 is 24.2 Å². The lowest BCUT2D eigenvalue weighted by Gasteiger charge is -2.09. The molecule has 6 nitrogen and oxygen atoms in total. The van der Waals surface area contributed by atoms with Crippen LogP contribution in [0, 0.1) is 6.92 Å². The number of hydrogen-bond donors (Lipinski definition) is 2. The topological polar surface area (TPSA) is 92.7 Å². The number of amides is 1. The number of carboxylic acids is 1. The number of carbonyl (C=O) groups is 3. The molecular formula is C14H17NO5. The highest BCUT2D eigenvalue weighted by molar-refractivity contribution is 5.95. The number of carboxylic acid groups (broad SMARTS) is 1. The highest BCUT2D eigenvalue weighted by atomic mass is 16.5. The number of aliphatic carboxylic acids is 1. The number of rotatable bonds is 6. The number of benzene rings is 1. The van der Waals surface area contributed by atoms with Crippen molar-refractivity contribution in [3.05, 3.63) is 29.3 Å². The number of methoxy groups -OCH3 is 1. The van der Waals surface area contributed by atoms with Crippen LogP contribution in [-0.2, 0) is 14.3 Å². The second-order valence-electron chi connectivity index (χ2n) is 4.32. The van der Waals surface area contributed by atoms with E-state index in [0.717, 1.165) is 5.56 Å². The van der Waals surface area contributed by atoms with Gasteiger partial charge in [-0.1, -0.05) is 6.07 Å². The van der Waals surface area contributed by atoms with Gasteiger partial charge in [-0.2, -0.15) is 0 Å². The summed E-state index contributed by atoms with van der Waals surface area (Å²) in [5.41, 5.74) is 1.68. The summed E-state index contributed by atoms with van der Waals surface area (Å²) in [6.45, 7) is 1.80. The number of esters is 1. The second kappa shape index (κ2) is 7.28. The van der Waals surface area contributed by atoms with E-state index in [1.807, 2.05) is 0 Å². The molecule has 108 valence electrons. The fraction of sp³-hybridized carbons (Fsp3) is 0.357. The second-order valence-corrected chi connectivity index (χ2v) is 4.32. The minimum Gasteiger partial charge on any atom is -0.481 e. The number of anilines is 1. The molecule has 0 radical (unpaired) electrons. The molecule has 0 aliphatic carbocycles. The molecule has 1 rings (SSSR count). The molecule has 0 saturated heterocycles. The number of hydrogen-bond acceptors (Lipinski definition) is 4. The van der Waals surface area contributed by atoms with E-state index in [-0.39, 0.29) is 25.2 Å². The molecule has 0 aliphatic rings. The summed E-state index contributed by atoms with van der Waals surface area (Å²) in [6.07, 6.45) is 0.347. The van der Waals surface area contributed by atoms with E-state index < -0.39 is 11.9 Å². The van der Waals surface area contributed by atoms with Gasteiger partial charge in [-0.25, -0.2) is 4.79 Å². The molecule has 2 N–H and O–H groups in total. The van der Waals surface area contributed by atoms with Crippen LogP contribution in [0.1, 0.15) is 35.2 Å². The van der Waals surface area contributed by atoms with Crippen molar-refractivity contribution in [1.29, 1.82) is 0 Å². The van der Waals surface area contributed by atoms with E-state index in [1.54, 1.807) is 19.1 Å². The largest absolute Gasteiger partial charge is 0.481 e. The van der Waals surface area contributed by atoms with Gasteiger partial charge in [0.05, 0.1) is 12.7 Å². The lowest BCUT2D eigenvalue weighted by Crippen LogP contribution is -2.13. The Bertz CT molecular complexity index is 524. The SMILES string of the molecule is COC(=O)c1ccc(C)c(NC(=O)CCCC(=O)O)c1. The van der Waals surface area contributed by atoms with E-state index in [1.165, 1.54) is 13.2 Å². The molecule has 0 heterocycles. The molecule has 1 amide bonds. The molecule has 0 spiro atoms. The average Bonchev–Trinajstić information content (AvgIpc) is 2.40. The highest BCUT2D eigenvalue weighted by Crippen LogP contribution is 2.18. The number of nitrogens with one attached hydrogen (secondary N) is 1. The van der Waals surface area contributed by atoms with Crippen LogP contribution in [0.5, 0.6) is 0 Å². The van der Waals surface area contributed by atoms with Crippen LogP contribution in [0.3, 0.4) is 0 Å². The monoisotopic (exact) mass is 279 g/mol. The van der Waals surface area contributed by atoms with Crippen molar-refractivity contribution in [3.63, 3.8) is 0 Å². The fourth-order valence-electron chi connectivity index (χ4n) is 1.61. The molecule has 0 bridgehead atoms. The van der Waals surface area contributed by atoms with Crippen LogP contribution < -0.4 is 5.32 Å². The third-order valence-corrected chi connectivity index (χ3v) is 2.73. The van der Waals surface area contributed by atoms with Gasteiger partial charge in [0.15, 0.2) is 0 Å². The number of ether oxygens (including phenoxy) is 1. The van der Waals surface area contributed by atoms with Gasteiger partial charge in [0, 0.05) is 18.5 Å². The van der Waals surface area contributed by atoms with Crippen molar-refractivity contribution in [2.24, 2.45) is 0 Å². The summed E-state index contributed by atoms with van der Waals surface area (Å²) in [6, 6.07) is 4.86. The van der Waals surface area contributed by atoms with Crippen LogP contribution >= 0.6 is 0 Å². The molecule has 1 aromatic rings. The van der Waals surface area contributed by atoms with E-state index >= 15 is 0 Å². The summed E-state index contributed by atoms with van der Waals surface area (Å²) in [5, 5.41) is 11.2. The average molecular weight is 279 g/mol. The predicted octanol–water partition coefficient (Wildman–Crippen LogP) is 1.98. The van der Waals surface area contributed by atoms with Crippen molar-refractivity contribution in [3.8, 4) is 0 Å². The first-order valence-electron chi connectivity index (χ1n) is 6.14. The van der Waals surface area contributed by atoms with E-state index in [4.69, 9.17) is 5.11 Å². The number of carbonyl (C=O) groups excluding carboxylic acids is 2. The van der Waals surface area contributed by atoms with Gasteiger partial charge in [0.25, 0.3) is 0 Å². The predicted molar refractivity (Wildman–Crippen MR) is 72.6 cm³/mol. The Morgan fingerprint density at radius 3 is 2.55 bits per heavy atom. The van der Waals surface area contributed by atoms with Crippen molar-refractivity contribution >= 4 is 23.5 Å². The Morgan fingerprint density at radius 1 is 1.25 bits per heavy atom. The maximum Gasteiger partial charge on any atom is 0.337 e. The molecule has 0 unspecified atom stereocenters. The maximum absolute atomic E-state index is 11.7. The van der Waals surface area contributed by atoms with Gasteiger partial charge in [-0.05, 0) is 31.0 Å².